The number of nitrogens with zero attached hydrogens (tertiary/aromatic N) is 2. The van der Waals surface area contributed by atoms with E-state index in [4.69, 9.17) is 0 Å². The van der Waals surface area contributed by atoms with Gasteiger partial charge in [-0.15, -0.1) is 0 Å². The van der Waals surface area contributed by atoms with Crippen LogP contribution in [0, 0.1) is 11.6 Å². The average molecular weight is 351 g/mol. The SMILES string of the molecule is CC(NC(=O)c1ccc(F)c(F)c1)c1nc2ccccc2n1C(F)F. The van der Waals surface area contributed by atoms with E-state index in [0.717, 1.165) is 22.8 Å². The predicted molar refractivity (Wildman–Crippen MR) is 83.2 cm³/mol. The van der Waals surface area contributed by atoms with Crippen LogP contribution in [0.2, 0.25) is 0 Å². The number of imidazole rings is 1. The summed E-state index contributed by atoms with van der Waals surface area (Å²) in [6.45, 7) is -1.36. The van der Waals surface area contributed by atoms with Crippen LogP contribution in [0.1, 0.15) is 35.7 Å². The summed E-state index contributed by atoms with van der Waals surface area (Å²) in [7, 11) is 0. The Balaban J connectivity index is 1.91. The molecule has 0 aliphatic rings. The predicted octanol–water partition coefficient (Wildman–Crippen LogP) is 4.20. The van der Waals surface area contributed by atoms with Crippen LogP contribution in [-0.4, -0.2) is 15.5 Å². The van der Waals surface area contributed by atoms with Crippen molar-refractivity contribution in [3.63, 3.8) is 0 Å². The van der Waals surface area contributed by atoms with E-state index in [1.54, 1.807) is 18.2 Å². The molecular weight excluding hydrogens is 338 g/mol. The third-order valence-corrected chi connectivity index (χ3v) is 3.73. The lowest BCUT2D eigenvalue weighted by molar-refractivity contribution is 0.0688. The van der Waals surface area contributed by atoms with Crippen LogP contribution in [0.25, 0.3) is 11.0 Å². The normalized spacial score (nSPS) is 12.6. The second-order valence-electron chi connectivity index (χ2n) is 5.43. The molecule has 3 rings (SSSR count). The molecule has 1 atom stereocenters. The van der Waals surface area contributed by atoms with Crippen LogP contribution in [-0.2, 0) is 0 Å². The molecule has 0 radical (unpaired) electrons. The maximum atomic E-state index is 13.4. The number of hydrogen-bond acceptors (Lipinski definition) is 2. The molecule has 0 aliphatic carbocycles. The zero-order valence-electron chi connectivity index (χ0n) is 13.0. The maximum absolute atomic E-state index is 13.4. The molecule has 1 heterocycles. The molecule has 1 N–H and O–H groups in total. The van der Waals surface area contributed by atoms with Gasteiger partial charge in [-0.1, -0.05) is 12.1 Å². The summed E-state index contributed by atoms with van der Waals surface area (Å²) in [5.41, 5.74) is 0.485. The van der Waals surface area contributed by atoms with Crippen LogP contribution in [0.3, 0.4) is 0 Å². The van der Waals surface area contributed by atoms with Crippen LogP contribution in [0.5, 0.6) is 0 Å². The summed E-state index contributed by atoms with van der Waals surface area (Å²) >= 11 is 0. The largest absolute Gasteiger partial charge is 0.342 e. The first-order valence-electron chi connectivity index (χ1n) is 7.39. The fourth-order valence-corrected chi connectivity index (χ4v) is 2.56. The van der Waals surface area contributed by atoms with Gasteiger partial charge in [-0.05, 0) is 37.3 Å². The van der Waals surface area contributed by atoms with Crippen LogP contribution in [0.4, 0.5) is 17.6 Å². The van der Waals surface area contributed by atoms with Crippen molar-refractivity contribution in [1.29, 1.82) is 0 Å². The van der Waals surface area contributed by atoms with Gasteiger partial charge in [0.2, 0.25) is 0 Å². The summed E-state index contributed by atoms with van der Waals surface area (Å²) < 4.78 is 53.8. The van der Waals surface area contributed by atoms with Crippen LogP contribution in [0.15, 0.2) is 42.5 Å². The Morgan fingerprint density at radius 3 is 2.52 bits per heavy atom. The number of benzene rings is 2. The number of fused-ring (bicyclic) bond motifs is 1. The number of carbonyl (C=O) groups is 1. The number of rotatable bonds is 4. The fraction of sp³-hybridized carbons (Fsp3) is 0.176. The molecule has 3 aromatic rings. The number of aromatic nitrogens is 2. The van der Waals surface area contributed by atoms with Gasteiger partial charge in [-0.3, -0.25) is 9.36 Å². The van der Waals surface area contributed by atoms with Crippen molar-refractivity contribution in [3.8, 4) is 0 Å². The third kappa shape index (κ3) is 3.19. The van der Waals surface area contributed by atoms with Crippen LogP contribution >= 0.6 is 0 Å². The summed E-state index contributed by atoms with van der Waals surface area (Å²) in [5, 5.41) is 2.47. The number of hydrogen-bond donors (Lipinski definition) is 1. The van der Waals surface area contributed by atoms with Crippen LogP contribution < -0.4 is 5.32 Å². The molecule has 1 aromatic heterocycles. The summed E-state index contributed by atoms with van der Waals surface area (Å²) in [6, 6.07) is 8.16. The van der Waals surface area contributed by atoms with Gasteiger partial charge < -0.3 is 5.32 Å². The minimum atomic E-state index is -2.84. The Morgan fingerprint density at radius 2 is 1.84 bits per heavy atom. The van der Waals surface area contributed by atoms with Crippen molar-refractivity contribution in [2.45, 2.75) is 19.5 Å². The van der Waals surface area contributed by atoms with E-state index in [2.05, 4.69) is 10.3 Å². The third-order valence-electron chi connectivity index (χ3n) is 3.73. The van der Waals surface area contributed by atoms with Gasteiger partial charge in [0.25, 0.3) is 5.91 Å². The van der Waals surface area contributed by atoms with E-state index in [1.165, 1.54) is 13.0 Å². The molecule has 2 aromatic carbocycles. The van der Waals surface area contributed by atoms with Gasteiger partial charge in [0.05, 0.1) is 17.1 Å². The zero-order chi connectivity index (χ0) is 18.1. The van der Waals surface area contributed by atoms with E-state index in [-0.39, 0.29) is 16.9 Å². The van der Waals surface area contributed by atoms with Gasteiger partial charge in [0.15, 0.2) is 11.6 Å². The highest BCUT2D eigenvalue weighted by Crippen LogP contribution is 2.26. The molecule has 0 aliphatic heterocycles. The topological polar surface area (TPSA) is 46.9 Å². The monoisotopic (exact) mass is 351 g/mol. The molecule has 1 unspecified atom stereocenters. The Bertz CT molecular complexity index is 939. The lowest BCUT2D eigenvalue weighted by atomic mass is 10.2. The quantitative estimate of drug-likeness (QED) is 0.716. The highest BCUT2D eigenvalue weighted by atomic mass is 19.3. The molecule has 0 saturated heterocycles. The Labute approximate surface area is 140 Å². The molecule has 1 amide bonds. The highest BCUT2D eigenvalue weighted by molar-refractivity contribution is 5.94. The zero-order valence-corrected chi connectivity index (χ0v) is 13.0. The summed E-state index contributed by atoms with van der Waals surface area (Å²) in [6.07, 6.45) is 0. The van der Waals surface area contributed by atoms with Crippen molar-refractivity contribution in [3.05, 3.63) is 65.5 Å². The molecule has 8 heteroatoms. The van der Waals surface area contributed by atoms with E-state index < -0.39 is 30.1 Å². The number of amides is 1. The maximum Gasteiger partial charge on any atom is 0.320 e. The number of para-hydroxylation sites is 2. The molecule has 4 nitrogen and oxygen atoms in total. The molecule has 25 heavy (non-hydrogen) atoms. The van der Waals surface area contributed by atoms with Crippen molar-refractivity contribution in [2.75, 3.05) is 0 Å². The molecule has 130 valence electrons. The molecule has 0 saturated carbocycles. The molecule has 0 fully saturated rings. The lowest BCUT2D eigenvalue weighted by Gasteiger charge is -2.16. The first-order chi connectivity index (χ1) is 11.9. The molecule has 0 spiro atoms. The smallest absolute Gasteiger partial charge is 0.320 e. The summed E-state index contributed by atoms with van der Waals surface area (Å²) in [5.74, 6) is -3.00. The minimum absolute atomic E-state index is 0.0351. The van der Waals surface area contributed by atoms with E-state index >= 15 is 0 Å². The highest BCUT2D eigenvalue weighted by Gasteiger charge is 2.23. The Hall–Kier alpha value is -2.90. The van der Waals surface area contributed by atoms with E-state index in [9.17, 15) is 22.4 Å². The van der Waals surface area contributed by atoms with Crippen molar-refractivity contribution < 1.29 is 22.4 Å². The minimum Gasteiger partial charge on any atom is -0.342 e. The van der Waals surface area contributed by atoms with Gasteiger partial charge in [-0.2, -0.15) is 8.78 Å². The number of nitrogens with one attached hydrogen (secondary N) is 1. The lowest BCUT2D eigenvalue weighted by Crippen LogP contribution is -2.29. The van der Waals surface area contributed by atoms with Crippen molar-refractivity contribution >= 4 is 16.9 Å². The number of alkyl halides is 2. The Kier molecular flexibility index (Phi) is 4.43. The first kappa shape index (κ1) is 16.9. The number of halogens is 4. The average Bonchev–Trinajstić information content (AvgIpc) is 2.97. The van der Waals surface area contributed by atoms with E-state index in [0.29, 0.717) is 5.52 Å². The van der Waals surface area contributed by atoms with E-state index in [1.807, 2.05) is 0 Å². The first-order valence-corrected chi connectivity index (χ1v) is 7.39. The van der Waals surface area contributed by atoms with Crippen molar-refractivity contribution in [1.82, 2.24) is 14.9 Å². The number of carbonyl (C=O) groups excluding carboxylic acids is 1. The Morgan fingerprint density at radius 1 is 1.12 bits per heavy atom. The molecule has 0 bridgehead atoms. The molecular formula is C17H13F4N3O. The standard InChI is InChI=1S/C17H13F4N3O/c1-9(22-16(25)10-6-7-11(18)12(19)8-10)15-23-13-4-2-3-5-14(13)24(15)17(20)21/h2-9,17H,1H3,(H,22,25). The second-order valence-corrected chi connectivity index (χ2v) is 5.43. The van der Waals surface area contributed by atoms with Crippen molar-refractivity contribution in [2.24, 2.45) is 0 Å². The van der Waals surface area contributed by atoms with Gasteiger partial charge in [0, 0.05) is 5.56 Å². The fourth-order valence-electron chi connectivity index (χ4n) is 2.56. The second kappa shape index (κ2) is 6.54. The van der Waals surface area contributed by atoms with Gasteiger partial charge in [-0.25, -0.2) is 13.8 Å². The summed E-state index contributed by atoms with van der Waals surface area (Å²) in [4.78, 5) is 16.3. The van der Waals surface area contributed by atoms with Gasteiger partial charge >= 0.3 is 6.55 Å². The van der Waals surface area contributed by atoms with Gasteiger partial charge in [0.1, 0.15) is 5.82 Å².